The molecule has 0 unspecified atom stereocenters. The first-order valence-electron chi connectivity index (χ1n) is 8.01. The number of benzene rings is 1. The Morgan fingerprint density at radius 3 is 2.48 bits per heavy atom. The minimum Gasteiger partial charge on any atom is -0.398 e. The largest absolute Gasteiger partial charge is 0.525 e. The molecule has 132 valence electrons. The Hall–Kier alpha value is -1.70. The van der Waals surface area contributed by atoms with Crippen molar-refractivity contribution in [2.24, 2.45) is 0 Å². The summed E-state index contributed by atoms with van der Waals surface area (Å²) in [5.41, 5.74) is 0.411. The van der Waals surface area contributed by atoms with Crippen molar-refractivity contribution in [1.29, 1.82) is 0 Å². The number of nitrogens with zero attached hydrogens (tertiary/aromatic N) is 3. The molecule has 0 aliphatic carbocycles. The van der Waals surface area contributed by atoms with E-state index in [1.807, 2.05) is 46.8 Å². The second-order valence-corrected chi connectivity index (χ2v) is 7.57. The molecule has 0 bridgehead atoms. The lowest BCUT2D eigenvalue weighted by Gasteiger charge is -2.32. The lowest BCUT2D eigenvalue weighted by molar-refractivity contribution is 0.00578. The van der Waals surface area contributed by atoms with E-state index in [2.05, 4.69) is 10.3 Å². The summed E-state index contributed by atoms with van der Waals surface area (Å²) in [5.74, 6) is 0. The Balaban J connectivity index is 1.82. The minimum atomic E-state index is -1.05. The molecule has 0 N–H and O–H groups in total. The summed E-state index contributed by atoms with van der Waals surface area (Å²) < 4.78 is 27.5. The standard InChI is InChI=1S/C17H20BClFN3O2/c1-11-8-12(19)6-7-14(11)23-10-13(21-22-23)9-15(20)18-24-16(2,3)17(4,5)25-18/h6-10H,1-5H3. The molecule has 2 heterocycles. The van der Waals surface area contributed by atoms with Gasteiger partial charge in [0.15, 0.2) is 0 Å². The molecule has 25 heavy (non-hydrogen) atoms. The number of aryl methyl sites for hydroxylation is 1. The molecule has 0 atom stereocenters. The van der Waals surface area contributed by atoms with E-state index < -0.39 is 24.0 Å². The van der Waals surface area contributed by atoms with E-state index in [9.17, 15) is 4.39 Å². The lowest BCUT2D eigenvalue weighted by atomic mass is 9.87. The zero-order valence-electron chi connectivity index (χ0n) is 14.9. The van der Waals surface area contributed by atoms with Crippen molar-refractivity contribution in [2.45, 2.75) is 45.8 Å². The Morgan fingerprint density at radius 1 is 1.24 bits per heavy atom. The van der Waals surface area contributed by atoms with Gasteiger partial charge in [0.05, 0.1) is 23.1 Å². The van der Waals surface area contributed by atoms with Gasteiger partial charge in [-0.25, -0.2) is 9.07 Å². The topological polar surface area (TPSA) is 49.2 Å². The minimum absolute atomic E-state index is 0.376. The number of aromatic nitrogens is 3. The lowest BCUT2D eigenvalue weighted by Crippen LogP contribution is -2.41. The van der Waals surface area contributed by atoms with E-state index >= 15 is 0 Å². The van der Waals surface area contributed by atoms with Gasteiger partial charge in [0.1, 0.15) is 11.4 Å². The summed E-state index contributed by atoms with van der Waals surface area (Å²) in [6, 6.07) is 5.44. The molecule has 2 aromatic rings. The van der Waals surface area contributed by atoms with Gasteiger partial charge in [0.2, 0.25) is 0 Å². The normalized spacial score (nSPS) is 19.5. The monoisotopic (exact) mass is 363 g/mol. The molecule has 1 saturated heterocycles. The smallest absolute Gasteiger partial charge is 0.398 e. The quantitative estimate of drug-likeness (QED) is 0.768. The number of rotatable bonds is 3. The molecule has 0 spiro atoms. The van der Waals surface area contributed by atoms with Crippen molar-refractivity contribution in [1.82, 2.24) is 15.0 Å². The van der Waals surface area contributed by atoms with Crippen LogP contribution in [0.4, 0.5) is 4.39 Å². The summed E-state index contributed by atoms with van der Waals surface area (Å²) in [5, 5.41) is 8.68. The van der Waals surface area contributed by atoms with Crippen LogP contribution in [-0.4, -0.2) is 33.3 Å². The molecule has 1 aliphatic heterocycles. The van der Waals surface area contributed by atoms with Gasteiger partial charge >= 0.3 is 7.12 Å². The summed E-state index contributed by atoms with van der Waals surface area (Å²) in [4.78, 5) is 0. The molecule has 1 aromatic heterocycles. The van der Waals surface area contributed by atoms with Crippen LogP contribution >= 0.6 is 11.6 Å². The van der Waals surface area contributed by atoms with Crippen LogP contribution in [0.25, 0.3) is 11.8 Å². The van der Waals surface area contributed by atoms with Gasteiger partial charge in [-0.15, -0.1) is 5.10 Å². The maximum atomic E-state index is 14.5. The first kappa shape index (κ1) is 18.1. The van der Waals surface area contributed by atoms with Gasteiger partial charge in [-0.3, -0.25) is 0 Å². The van der Waals surface area contributed by atoms with Crippen molar-refractivity contribution >= 4 is 24.8 Å². The number of hydrogen-bond acceptors (Lipinski definition) is 4. The highest BCUT2D eigenvalue weighted by molar-refractivity contribution is 6.54. The molecule has 1 aliphatic rings. The average molecular weight is 364 g/mol. The van der Waals surface area contributed by atoms with Crippen LogP contribution in [0.1, 0.15) is 39.0 Å². The molecule has 3 rings (SSSR count). The molecule has 1 aromatic carbocycles. The van der Waals surface area contributed by atoms with E-state index in [4.69, 9.17) is 20.9 Å². The molecule has 0 amide bonds. The average Bonchev–Trinajstić information content (AvgIpc) is 3.01. The highest BCUT2D eigenvalue weighted by Crippen LogP contribution is 2.39. The van der Waals surface area contributed by atoms with E-state index in [0.717, 1.165) is 11.3 Å². The summed E-state index contributed by atoms with van der Waals surface area (Å²) >= 11 is 5.97. The Bertz CT molecular complexity index is 819. The van der Waals surface area contributed by atoms with Crippen LogP contribution in [0.5, 0.6) is 0 Å². The Morgan fingerprint density at radius 2 is 1.88 bits per heavy atom. The summed E-state index contributed by atoms with van der Waals surface area (Å²) in [6.07, 6.45) is 2.91. The van der Waals surface area contributed by atoms with Crippen LogP contribution < -0.4 is 0 Å². The Kier molecular flexibility index (Phi) is 4.51. The highest BCUT2D eigenvalue weighted by atomic mass is 35.5. The van der Waals surface area contributed by atoms with Gasteiger partial charge in [-0.1, -0.05) is 16.8 Å². The van der Waals surface area contributed by atoms with Crippen molar-refractivity contribution < 1.29 is 13.7 Å². The molecular formula is C17H20BClFN3O2. The molecule has 0 radical (unpaired) electrons. The fraction of sp³-hybridized carbons (Fsp3) is 0.412. The number of hydrogen-bond donors (Lipinski definition) is 0. The molecule has 5 nitrogen and oxygen atoms in total. The Labute approximate surface area is 151 Å². The fourth-order valence-electron chi connectivity index (χ4n) is 2.50. The van der Waals surface area contributed by atoms with Crippen molar-refractivity contribution in [3.05, 3.63) is 46.4 Å². The van der Waals surface area contributed by atoms with Gasteiger partial charge < -0.3 is 9.31 Å². The van der Waals surface area contributed by atoms with E-state index in [0.29, 0.717) is 10.7 Å². The third kappa shape index (κ3) is 3.49. The van der Waals surface area contributed by atoms with E-state index in [1.165, 1.54) is 6.08 Å². The maximum Gasteiger partial charge on any atom is 0.525 e. The van der Waals surface area contributed by atoms with Crippen molar-refractivity contribution in [3.8, 4) is 5.69 Å². The van der Waals surface area contributed by atoms with E-state index in [-0.39, 0.29) is 0 Å². The van der Waals surface area contributed by atoms with Crippen molar-refractivity contribution in [3.63, 3.8) is 0 Å². The first-order valence-corrected chi connectivity index (χ1v) is 8.38. The van der Waals surface area contributed by atoms with Gasteiger partial charge in [0.25, 0.3) is 0 Å². The zero-order chi connectivity index (χ0) is 18.4. The van der Waals surface area contributed by atoms with Crippen LogP contribution in [0, 0.1) is 6.92 Å². The third-order valence-corrected chi connectivity index (χ3v) is 4.92. The SMILES string of the molecule is Cc1cc(Cl)ccc1-n1cc(C=C(F)B2OC(C)(C)C(C)(C)O2)nn1. The second-order valence-electron chi connectivity index (χ2n) is 7.14. The van der Waals surface area contributed by atoms with E-state index in [1.54, 1.807) is 16.9 Å². The second kappa shape index (κ2) is 6.23. The molecular weight excluding hydrogens is 343 g/mol. The highest BCUT2D eigenvalue weighted by Gasteiger charge is 2.53. The summed E-state index contributed by atoms with van der Waals surface area (Å²) in [7, 11) is -1.05. The van der Waals surface area contributed by atoms with Crippen molar-refractivity contribution in [2.75, 3.05) is 0 Å². The van der Waals surface area contributed by atoms with Gasteiger partial charge in [-0.2, -0.15) is 0 Å². The predicted molar refractivity (Wildman–Crippen MR) is 96.3 cm³/mol. The first-order chi connectivity index (χ1) is 11.6. The van der Waals surface area contributed by atoms with Gasteiger partial charge in [0, 0.05) is 5.02 Å². The molecule has 1 fully saturated rings. The van der Waals surface area contributed by atoms with Crippen LogP contribution in [0.15, 0.2) is 30.1 Å². The summed E-state index contributed by atoms with van der Waals surface area (Å²) in [6.45, 7) is 9.42. The zero-order valence-corrected chi connectivity index (χ0v) is 15.6. The van der Waals surface area contributed by atoms with Crippen LogP contribution in [-0.2, 0) is 9.31 Å². The third-order valence-electron chi connectivity index (χ3n) is 4.68. The number of halogens is 2. The fourth-order valence-corrected chi connectivity index (χ4v) is 2.73. The predicted octanol–water partition coefficient (Wildman–Crippen LogP) is 4.17. The van der Waals surface area contributed by atoms with Crippen LogP contribution in [0.2, 0.25) is 5.02 Å². The van der Waals surface area contributed by atoms with Gasteiger partial charge in [-0.05, 0) is 64.5 Å². The molecule has 0 saturated carbocycles. The van der Waals surface area contributed by atoms with Crippen LogP contribution in [0.3, 0.4) is 0 Å². The molecule has 8 heteroatoms. The maximum absolute atomic E-state index is 14.5.